The number of ether oxygens (including phenoxy) is 1. The Hall–Kier alpha value is -3.17. The number of hydrogen-bond donors (Lipinski definition) is 2. The lowest BCUT2D eigenvalue weighted by Gasteiger charge is -2.28. The Kier molecular flexibility index (Phi) is 6.29. The molecule has 9 nitrogen and oxygen atoms in total. The van der Waals surface area contributed by atoms with Crippen LogP contribution in [0, 0.1) is 0 Å². The molecule has 2 N–H and O–H groups in total. The number of amides is 1. The van der Waals surface area contributed by atoms with Crippen LogP contribution in [0.5, 0.6) is 5.88 Å². The fraction of sp³-hybridized carbons (Fsp3) is 0.364. The molecule has 0 unspecified atom stereocenters. The lowest BCUT2D eigenvalue weighted by atomic mass is 9.91. The molecule has 0 spiro atoms. The van der Waals surface area contributed by atoms with Gasteiger partial charge in [0.15, 0.2) is 0 Å². The number of nitrogens with zero attached hydrogens (tertiary/aromatic N) is 5. The Bertz CT molecular complexity index is 1240. The van der Waals surface area contributed by atoms with E-state index < -0.39 is 0 Å². The lowest BCUT2D eigenvalue weighted by Crippen LogP contribution is -2.41. The summed E-state index contributed by atoms with van der Waals surface area (Å²) in [5.41, 5.74) is 2.99. The maximum atomic E-state index is 12.9. The smallest absolute Gasteiger partial charge is 0.251 e. The number of benzene rings is 1. The topological polar surface area (TPSA) is 98.4 Å². The van der Waals surface area contributed by atoms with E-state index >= 15 is 0 Å². The lowest BCUT2D eigenvalue weighted by molar-refractivity contribution is 0.0925. The fourth-order valence-electron chi connectivity index (χ4n) is 4.35. The molecule has 0 bridgehead atoms. The molecule has 168 valence electrons. The quantitative estimate of drug-likeness (QED) is 0.480. The van der Waals surface area contributed by atoms with Crippen LogP contribution in [-0.4, -0.2) is 56.5 Å². The zero-order valence-corrected chi connectivity index (χ0v) is 18.8. The van der Waals surface area contributed by atoms with Crippen molar-refractivity contribution >= 4 is 34.7 Å². The predicted molar refractivity (Wildman–Crippen MR) is 124 cm³/mol. The maximum absolute atomic E-state index is 12.9. The van der Waals surface area contributed by atoms with Crippen LogP contribution in [0.2, 0.25) is 0 Å². The maximum Gasteiger partial charge on any atom is 0.251 e. The van der Waals surface area contributed by atoms with Crippen molar-refractivity contribution in [3.05, 3.63) is 48.5 Å². The first-order chi connectivity index (χ1) is 15.2. The summed E-state index contributed by atoms with van der Waals surface area (Å²) in [5.74, 6) is 0.498. The Balaban J connectivity index is 0.00000245. The summed E-state index contributed by atoms with van der Waals surface area (Å²) < 4.78 is 9.09. The van der Waals surface area contributed by atoms with Crippen molar-refractivity contribution in [3.8, 4) is 11.6 Å². The molecule has 0 atom stereocenters. The van der Waals surface area contributed by atoms with Crippen LogP contribution >= 0.6 is 12.4 Å². The third-order valence-electron chi connectivity index (χ3n) is 6.09. The van der Waals surface area contributed by atoms with Crippen molar-refractivity contribution in [1.29, 1.82) is 0 Å². The molecule has 10 heteroatoms. The van der Waals surface area contributed by atoms with Gasteiger partial charge < -0.3 is 15.4 Å². The molecule has 1 saturated carbocycles. The summed E-state index contributed by atoms with van der Waals surface area (Å²) in [7, 11) is 3.60. The average molecular weight is 456 g/mol. The van der Waals surface area contributed by atoms with Crippen LogP contribution in [0.1, 0.15) is 36.0 Å². The van der Waals surface area contributed by atoms with E-state index in [9.17, 15) is 4.79 Å². The summed E-state index contributed by atoms with van der Waals surface area (Å²) in [4.78, 5) is 17.0. The molecule has 3 aromatic heterocycles. The van der Waals surface area contributed by atoms with E-state index in [4.69, 9.17) is 4.74 Å². The van der Waals surface area contributed by atoms with E-state index in [1.165, 1.54) is 0 Å². The highest BCUT2D eigenvalue weighted by Crippen LogP contribution is 2.31. The minimum absolute atomic E-state index is 0. The zero-order valence-electron chi connectivity index (χ0n) is 18.0. The van der Waals surface area contributed by atoms with Gasteiger partial charge in [0.2, 0.25) is 5.88 Å². The number of rotatable bonds is 5. The highest BCUT2D eigenvalue weighted by molar-refractivity contribution is 5.99. The highest BCUT2D eigenvalue weighted by Gasteiger charge is 2.23. The standard InChI is InChI=1S/C22H25N7O2.ClH/c1-23-15-4-6-16(7-5-15)26-21(30)14-3-8-18-17(11-14)22(31-2)29(27-18)20-12-25-28-13-24-10-9-19(20)28;/h3,8-13,15-16,23H,4-7H2,1-2H3,(H,26,30);1H. The Morgan fingerprint density at radius 2 is 1.94 bits per heavy atom. The normalized spacial score (nSPS) is 18.4. The van der Waals surface area contributed by atoms with Gasteiger partial charge in [0.1, 0.15) is 12.0 Å². The minimum Gasteiger partial charge on any atom is -0.480 e. The largest absolute Gasteiger partial charge is 0.480 e. The highest BCUT2D eigenvalue weighted by atomic mass is 35.5. The molecular weight excluding hydrogens is 430 g/mol. The third-order valence-corrected chi connectivity index (χ3v) is 6.09. The second-order valence-corrected chi connectivity index (χ2v) is 7.90. The first kappa shape index (κ1) is 22.0. The minimum atomic E-state index is -0.0633. The molecule has 32 heavy (non-hydrogen) atoms. The first-order valence-corrected chi connectivity index (χ1v) is 10.5. The van der Waals surface area contributed by atoms with Gasteiger partial charge >= 0.3 is 0 Å². The van der Waals surface area contributed by atoms with Gasteiger partial charge in [-0.05, 0) is 57.0 Å². The van der Waals surface area contributed by atoms with Crippen molar-refractivity contribution in [3.63, 3.8) is 0 Å². The summed E-state index contributed by atoms with van der Waals surface area (Å²) in [5, 5.41) is 16.3. The monoisotopic (exact) mass is 455 g/mol. The molecule has 1 aliphatic rings. The van der Waals surface area contributed by atoms with Gasteiger partial charge in [0.05, 0.1) is 29.7 Å². The average Bonchev–Trinajstić information content (AvgIpc) is 3.39. The van der Waals surface area contributed by atoms with E-state index in [2.05, 4.69) is 25.8 Å². The molecule has 1 aromatic carbocycles. The van der Waals surface area contributed by atoms with Crippen LogP contribution in [0.3, 0.4) is 0 Å². The number of carbonyl (C=O) groups is 1. The van der Waals surface area contributed by atoms with Gasteiger partial charge in [-0.2, -0.15) is 14.9 Å². The van der Waals surface area contributed by atoms with Gasteiger partial charge in [0, 0.05) is 23.8 Å². The molecule has 1 amide bonds. The number of halogens is 1. The van der Waals surface area contributed by atoms with E-state index in [0.717, 1.165) is 47.8 Å². The van der Waals surface area contributed by atoms with E-state index in [0.29, 0.717) is 17.5 Å². The number of nitrogens with one attached hydrogen (secondary N) is 2. The van der Waals surface area contributed by atoms with Gasteiger partial charge in [-0.25, -0.2) is 9.50 Å². The SMILES string of the molecule is CNC1CCC(NC(=O)c2ccc3nn(-c4cnn5cnccc45)c(OC)c3c2)CC1.Cl. The van der Waals surface area contributed by atoms with Crippen molar-refractivity contribution < 1.29 is 9.53 Å². The summed E-state index contributed by atoms with van der Waals surface area (Å²) >= 11 is 0. The van der Waals surface area contributed by atoms with Crippen LogP contribution in [-0.2, 0) is 0 Å². The molecule has 4 aromatic rings. The van der Waals surface area contributed by atoms with Crippen LogP contribution in [0.15, 0.2) is 43.0 Å². The van der Waals surface area contributed by atoms with Gasteiger partial charge in [-0.1, -0.05) is 0 Å². The summed E-state index contributed by atoms with van der Waals surface area (Å²) in [6.07, 6.45) is 9.21. The number of carbonyl (C=O) groups excluding carboxylic acids is 1. The molecule has 5 rings (SSSR count). The third kappa shape index (κ3) is 3.89. The van der Waals surface area contributed by atoms with Gasteiger partial charge in [-0.15, -0.1) is 12.4 Å². The van der Waals surface area contributed by atoms with Crippen LogP contribution in [0.25, 0.3) is 22.1 Å². The van der Waals surface area contributed by atoms with Crippen LogP contribution in [0.4, 0.5) is 0 Å². The van der Waals surface area contributed by atoms with E-state index in [-0.39, 0.29) is 24.4 Å². The number of aromatic nitrogens is 5. The number of fused-ring (bicyclic) bond motifs is 2. The van der Waals surface area contributed by atoms with Crippen molar-refractivity contribution in [2.45, 2.75) is 37.8 Å². The van der Waals surface area contributed by atoms with Crippen molar-refractivity contribution in [2.24, 2.45) is 0 Å². The molecule has 3 heterocycles. The zero-order chi connectivity index (χ0) is 21.4. The first-order valence-electron chi connectivity index (χ1n) is 10.5. The Labute approximate surface area is 191 Å². The van der Waals surface area contributed by atoms with Gasteiger partial charge in [-0.3, -0.25) is 4.79 Å². The van der Waals surface area contributed by atoms with Gasteiger partial charge in [0.25, 0.3) is 5.91 Å². The molecule has 1 fully saturated rings. The van der Waals surface area contributed by atoms with E-state index in [1.54, 1.807) is 35.0 Å². The van der Waals surface area contributed by atoms with Crippen molar-refractivity contribution in [1.82, 2.24) is 35.0 Å². The second kappa shape index (κ2) is 9.13. The summed E-state index contributed by atoms with van der Waals surface area (Å²) in [6, 6.07) is 8.15. The molecule has 1 aliphatic carbocycles. The number of hydrogen-bond acceptors (Lipinski definition) is 6. The fourth-order valence-corrected chi connectivity index (χ4v) is 4.35. The molecule has 0 aliphatic heterocycles. The second-order valence-electron chi connectivity index (χ2n) is 7.90. The molecule has 0 saturated heterocycles. The van der Waals surface area contributed by atoms with E-state index in [1.807, 2.05) is 31.3 Å². The Morgan fingerprint density at radius 3 is 2.69 bits per heavy atom. The summed E-state index contributed by atoms with van der Waals surface area (Å²) in [6.45, 7) is 0. The molecule has 0 radical (unpaired) electrons. The van der Waals surface area contributed by atoms with Crippen molar-refractivity contribution in [2.75, 3.05) is 14.2 Å². The molecular formula is C22H26ClN7O2. The predicted octanol–water partition coefficient (Wildman–Crippen LogP) is 2.76. The number of methoxy groups -OCH3 is 1. The Morgan fingerprint density at radius 1 is 1.16 bits per heavy atom. The van der Waals surface area contributed by atoms with Crippen LogP contribution < -0.4 is 15.4 Å².